The summed E-state index contributed by atoms with van der Waals surface area (Å²) < 4.78 is 22.0. The Morgan fingerprint density at radius 1 is 0.818 bits per heavy atom. The first-order chi connectivity index (χ1) is 16.0. The smallest absolute Gasteiger partial charge is 0.160 e. The average molecular weight is 451 g/mol. The molecule has 0 amide bonds. The molecule has 4 rings (SSSR count). The summed E-state index contributed by atoms with van der Waals surface area (Å²) in [6.45, 7) is 2.49. The molecule has 3 unspecified atom stereocenters. The summed E-state index contributed by atoms with van der Waals surface area (Å²) in [5.74, 6) is 2.99. The van der Waals surface area contributed by atoms with Crippen LogP contribution in [-0.2, 0) is 6.61 Å². The van der Waals surface area contributed by atoms with Crippen LogP contribution in [0.1, 0.15) is 35.6 Å². The summed E-state index contributed by atoms with van der Waals surface area (Å²) in [6.07, 6.45) is 0. The lowest BCUT2D eigenvalue weighted by Crippen LogP contribution is -2.29. The third kappa shape index (κ3) is 4.84. The molecule has 0 saturated carbocycles. The van der Waals surface area contributed by atoms with Crippen molar-refractivity contribution in [3.63, 3.8) is 0 Å². The lowest BCUT2D eigenvalue weighted by Gasteiger charge is -2.24. The fourth-order valence-electron chi connectivity index (χ4n) is 4.31. The van der Waals surface area contributed by atoms with Crippen LogP contribution in [0, 0.1) is 0 Å². The molecule has 0 bridgehead atoms. The second-order valence-electron chi connectivity index (χ2n) is 8.06. The first-order valence-corrected chi connectivity index (χ1v) is 10.9. The molecule has 0 radical (unpaired) electrons. The van der Waals surface area contributed by atoms with Gasteiger partial charge in [-0.1, -0.05) is 24.3 Å². The molecule has 7 nitrogen and oxygen atoms in total. The number of hydrogen-bond acceptors (Lipinski definition) is 7. The number of phenolic OH excluding ortho intramolecular Hbond substituents is 1. The summed E-state index contributed by atoms with van der Waals surface area (Å²) in [7, 11) is 4.89. The monoisotopic (exact) mass is 450 g/mol. The van der Waals surface area contributed by atoms with Gasteiger partial charge in [-0.25, -0.2) is 5.43 Å². The standard InChI is InChI=1S/C26H30N2O5/c1-16-25(18-8-11-23(31-3)24(13-18)32-4)26(28-27-16)21-10-9-20(14-22(21)29)33-15-17-6-5-7-19(12-17)30-2/h5-14,16,25-29H,15H2,1-4H3. The molecule has 1 fully saturated rings. The molecule has 1 aliphatic rings. The van der Waals surface area contributed by atoms with E-state index in [9.17, 15) is 5.11 Å². The van der Waals surface area contributed by atoms with Crippen molar-refractivity contribution in [1.82, 2.24) is 10.9 Å². The zero-order chi connectivity index (χ0) is 23.4. The number of phenols is 1. The molecular weight excluding hydrogens is 420 g/mol. The fraction of sp³-hybridized carbons (Fsp3) is 0.308. The molecule has 7 heteroatoms. The molecule has 0 aromatic heterocycles. The zero-order valence-electron chi connectivity index (χ0n) is 19.3. The number of methoxy groups -OCH3 is 3. The number of ether oxygens (including phenoxy) is 4. The Balaban J connectivity index is 1.54. The van der Waals surface area contributed by atoms with Gasteiger partial charge in [-0.3, -0.25) is 5.43 Å². The summed E-state index contributed by atoms with van der Waals surface area (Å²) in [5, 5.41) is 10.9. The van der Waals surface area contributed by atoms with Crippen molar-refractivity contribution in [3.05, 3.63) is 77.4 Å². The zero-order valence-corrected chi connectivity index (χ0v) is 19.3. The van der Waals surface area contributed by atoms with Gasteiger partial charge in [-0.05, 0) is 48.4 Å². The van der Waals surface area contributed by atoms with Crippen molar-refractivity contribution in [2.24, 2.45) is 0 Å². The maximum absolute atomic E-state index is 10.9. The number of rotatable bonds is 8. The predicted octanol–water partition coefficient (Wildman–Crippen LogP) is 4.32. The van der Waals surface area contributed by atoms with Crippen LogP contribution < -0.4 is 29.8 Å². The Hall–Kier alpha value is -3.42. The van der Waals surface area contributed by atoms with E-state index in [1.165, 1.54) is 0 Å². The van der Waals surface area contributed by atoms with Crippen LogP contribution in [0.15, 0.2) is 60.7 Å². The minimum absolute atomic E-state index is 0.0688. The molecule has 1 aliphatic heterocycles. The van der Waals surface area contributed by atoms with E-state index >= 15 is 0 Å². The second-order valence-corrected chi connectivity index (χ2v) is 8.06. The van der Waals surface area contributed by atoms with E-state index in [4.69, 9.17) is 18.9 Å². The third-order valence-corrected chi connectivity index (χ3v) is 6.03. The van der Waals surface area contributed by atoms with Crippen molar-refractivity contribution < 1.29 is 24.1 Å². The van der Waals surface area contributed by atoms with Gasteiger partial charge < -0.3 is 24.1 Å². The minimum atomic E-state index is -0.134. The number of hydrogen-bond donors (Lipinski definition) is 3. The Bertz CT molecular complexity index is 1100. The largest absolute Gasteiger partial charge is 0.507 e. The van der Waals surface area contributed by atoms with Crippen LogP contribution in [0.3, 0.4) is 0 Å². The maximum atomic E-state index is 10.9. The highest BCUT2D eigenvalue weighted by Gasteiger charge is 2.37. The van der Waals surface area contributed by atoms with Gasteiger partial charge in [0.2, 0.25) is 0 Å². The first kappa shape index (κ1) is 22.8. The average Bonchev–Trinajstić information content (AvgIpc) is 3.23. The van der Waals surface area contributed by atoms with Crippen LogP contribution in [-0.4, -0.2) is 32.5 Å². The van der Waals surface area contributed by atoms with Crippen LogP contribution in [0.5, 0.6) is 28.7 Å². The fourth-order valence-corrected chi connectivity index (χ4v) is 4.31. The first-order valence-electron chi connectivity index (χ1n) is 10.9. The summed E-state index contributed by atoms with van der Waals surface area (Å²) >= 11 is 0. The molecular formula is C26H30N2O5. The van der Waals surface area contributed by atoms with Crippen LogP contribution in [0.4, 0.5) is 0 Å². The number of nitrogens with one attached hydrogen (secondary N) is 2. The van der Waals surface area contributed by atoms with E-state index in [1.807, 2.05) is 54.6 Å². The molecule has 0 aliphatic carbocycles. The van der Waals surface area contributed by atoms with E-state index in [0.717, 1.165) is 22.4 Å². The molecule has 1 saturated heterocycles. The van der Waals surface area contributed by atoms with E-state index in [1.54, 1.807) is 27.4 Å². The SMILES string of the molecule is COc1cccc(COc2ccc(C3NNC(C)C3c3ccc(OC)c(OC)c3)c(O)c2)c1. The van der Waals surface area contributed by atoms with E-state index in [-0.39, 0.29) is 23.8 Å². The van der Waals surface area contributed by atoms with Crippen LogP contribution in [0.2, 0.25) is 0 Å². The van der Waals surface area contributed by atoms with E-state index in [2.05, 4.69) is 17.8 Å². The molecule has 3 aromatic rings. The van der Waals surface area contributed by atoms with Gasteiger partial charge in [0.1, 0.15) is 23.9 Å². The predicted molar refractivity (Wildman–Crippen MR) is 126 cm³/mol. The van der Waals surface area contributed by atoms with Gasteiger partial charge in [-0.2, -0.15) is 0 Å². The molecule has 3 aromatic carbocycles. The maximum Gasteiger partial charge on any atom is 0.160 e. The number of hydrazine groups is 1. The lowest BCUT2D eigenvalue weighted by molar-refractivity contribution is 0.303. The van der Waals surface area contributed by atoms with Gasteiger partial charge in [-0.15, -0.1) is 0 Å². The number of aromatic hydroxyl groups is 1. The Kier molecular flexibility index (Phi) is 6.91. The minimum Gasteiger partial charge on any atom is -0.507 e. The van der Waals surface area contributed by atoms with Crippen molar-refractivity contribution in [2.45, 2.75) is 31.5 Å². The van der Waals surface area contributed by atoms with Crippen molar-refractivity contribution >= 4 is 0 Å². The molecule has 174 valence electrons. The van der Waals surface area contributed by atoms with Crippen molar-refractivity contribution in [2.75, 3.05) is 21.3 Å². The highest BCUT2D eigenvalue weighted by Crippen LogP contribution is 2.43. The summed E-state index contributed by atoms with van der Waals surface area (Å²) in [6, 6.07) is 19.1. The lowest BCUT2D eigenvalue weighted by atomic mass is 9.84. The quantitative estimate of drug-likeness (QED) is 0.472. The van der Waals surface area contributed by atoms with E-state index < -0.39 is 0 Å². The van der Waals surface area contributed by atoms with Crippen molar-refractivity contribution in [3.8, 4) is 28.7 Å². The number of benzene rings is 3. The van der Waals surface area contributed by atoms with E-state index in [0.29, 0.717) is 23.9 Å². The summed E-state index contributed by atoms with van der Waals surface area (Å²) in [4.78, 5) is 0. The Morgan fingerprint density at radius 3 is 2.36 bits per heavy atom. The second kappa shape index (κ2) is 10.0. The van der Waals surface area contributed by atoms with Crippen LogP contribution >= 0.6 is 0 Å². The molecule has 1 heterocycles. The highest BCUT2D eigenvalue weighted by atomic mass is 16.5. The molecule has 3 N–H and O–H groups in total. The van der Waals surface area contributed by atoms with Gasteiger partial charge in [0.25, 0.3) is 0 Å². The van der Waals surface area contributed by atoms with Gasteiger partial charge in [0.05, 0.1) is 27.4 Å². The van der Waals surface area contributed by atoms with Crippen molar-refractivity contribution in [1.29, 1.82) is 0 Å². The third-order valence-electron chi connectivity index (χ3n) is 6.03. The normalized spacial score (nSPS) is 19.8. The van der Waals surface area contributed by atoms with Gasteiger partial charge in [0.15, 0.2) is 11.5 Å². The molecule has 33 heavy (non-hydrogen) atoms. The Labute approximate surface area is 194 Å². The summed E-state index contributed by atoms with van der Waals surface area (Å²) in [5.41, 5.74) is 9.50. The highest BCUT2D eigenvalue weighted by molar-refractivity contribution is 5.48. The van der Waals surface area contributed by atoms with Gasteiger partial charge >= 0.3 is 0 Å². The van der Waals surface area contributed by atoms with Crippen LogP contribution in [0.25, 0.3) is 0 Å². The Morgan fingerprint density at radius 2 is 1.64 bits per heavy atom. The van der Waals surface area contributed by atoms with Gasteiger partial charge in [0, 0.05) is 23.6 Å². The molecule has 0 spiro atoms. The topological polar surface area (TPSA) is 81.2 Å². The molecule has 3 atom stereocenters.